The number of carbonyl (C=O) groups is 1. The van der Waals surface area contributed by atoms with E-state index in [1.807, 2.05) is 0 Å². The molecule has 5 nitrogen and oxygen atoms in total. The average Bonchev–Trinajstić information content (AvgIpc) is 2.35. The molecule has 1 aromatic carbocycles. The van der Waals surface area contributed by atoms with Crippen molar-refractivity contribution in [3.05, 3.63) is 29.6 Å². The summed E-state index contributed by atoms with van der Waals surface area (Å²) in [6.45, 7) is 1.70. The van der Waals surface area contributed by atoms with Gasteiger partial charge in [0.2, 0.25) is 0 Å². The maximum Gasteiger partial charge on any atom is 0.335 e. The predicted octanol–water partition coefficient (Wildman–Crippen LogP) is 1.72. The summed E-state index contributed by atoms with van der Waals surface area (Å²) < 4.78 is 42.7. The third-order valence-electron chi connectivity index (χ3n) is 2.74. The normalized spacial score (nSPS) is 13.2. The molecular weight excluding hydrogens is 275 g/mol. The van der Waals surface area contributed by atoms with Crippen LogP contribution in [0.5, 0.6) is 0 Å². The average molecular weight is 290 g/mol. The van der Waals surface area contributed by atoms with E-state index in [2.05, 4.69) is 0 Å². The van der Waals surface area contributed by atoms with E-state index in [0.717, 1.165) is 12.1 Å². The van der Waals surface area contributed by atoms with Crippen molar-refractivity contribution >= 4 is 15.8 Å². The molecule has 0 heterocycles. The molecule has 0 aliphatic heterocycles. The van der Waals surface area contributed by atoms with E-state index in [0.29, 0.717) is 6.07 Å². The monoisotopic (exact) mass is 290 g/mol. The first-order valence-electron chi connectivity index (χ1n) is 5.56. The number of ether oxygens (including phenoxy) is 1. The summed E-state index contributed by atoms with van der Waals surface area (Å²) in [5.74, 6) is -2.36. The molecule has 0 radical (unpaired) electrons. The second-order valence-corrected chi connectivity index (χ2v) is 6.42. The fourth-order valence-corrected chi connectivity index (χ4v) is 2.95. The SMILES string of the molecule is COCCC(C)S(=O)(=O)c1ccc(C(=O)O)cc1F. The first kappa shape index (κ1) is 15.6. The van der Waals surface area contributed by atoms with Crippen LogP contribution in [0, 0.1) is 5.82 Å². The van der Waals surface area contributed by atoms with Crippen LogP contribution in [0.3, 0.4) is 0 Å². The van der Waals surface area contributed by atoms with E-state index < -0.39 is 31.8 Å². The van der Waals surface area contributed by atoms with Crippen molar-refractivity contribution in [2.45, 2.75) is 23.5 Å². The third-order valence-corrected chi connectivity index (χ3v) is 4.98. The van der Waals surface area contributed by atoms with Gasteiger partial charge in [-0.3, -0.25) is 0 Å². The summed E-state index contributed by atoms with van der Waals surface area (Å²) in [5.41, 5.74) is -0.291. The van der Waals surface area contributed by atoms with Gasteiger partial charge in [-0.05, 0) is 31.5 Å². The van der Waals surface area contributed by atoms with E-state index in [1.54, 1.807) is 0 Å². The second kappa shape index (κ2) is 6.12. The van der Waals surface area contributed by atoms with E-state index in [1.165, 1.54) is 14.0 Å². The van der Waals surface area contributed by atoms with E-state index in [4.69, 9.17) is 9.84 Å². The van der Waals surface area contributed by atoms with Crippen molar-refractivity contribution in [3.63, 3.8) is 0 Å². The Hall–Kier alpha value is -1.47. The number of benzene rings is 1. The quantitative estimate of drug-likeness (QED) is 0.862. The summed E-state index contributed by atoms with van der Waals surface area (Å²) in [6, 6.07) is 2.76. The molecule has 0 bridgehead atoms. The topological polar surface area (TPSA) is 80.7 Å². The summed E-state index contributed by atoms with van der Waals surface area (Å²) in [7, 11) is -2.39. The molecule has 106 valence electrons. The van der Waals surface area contributed by atoms with E-state index in [9.17, 15) is 17.6 Å². The number of carboxylic acid groups (broad SMARTS) is 1. The molecule has 0 aromatic heterocycles. The second-order valence-electron chi connectivity index (χ2n) is 4.09. The number of hydrogen-bond acceptors (Lipinski definition) is 4. The Balaban J connectivity index is 3.12. The highest BCUT2D eigenvalue weighted by molar-refractivity contribution is 7.92. The molecule has 7 heteroatoms. The lowest BCUT2D eigenvalue weighted by Gasteiger charge is -2.13. The van der Waals surface area contributed by atoms with Gasteiger partial charge in [0.25, 0.3) is 0 Å². The molecule has 0 fully saturated rings. The van der Waals surface area contributed by atoms with Crippen molar-refractivity contribution in [3.8, 4) is 0 Å². The van der Waals surface area contributed by atoms with Gasteiger partial charge >= 0.3 is 5.97 Å². The van der Waals surface area contributed by atoms with Crippen molar-refractivity contribution in [2.24, 2.45) is 0 Å². The van der Waals surface area contributed by atoms with Crippen molar-refractivity contribution in [1.29, 1.82) is 0 Å². The lowest BCUT2D eigenvalue weighted by atomic mass is 10.2. The smallest absolute Gasteiger partial charge is 0.335 e. The Kier molecular flexibility index (Phi) is 5.02. The zero-order valence-corrected chi connectivity index (χ0v) is 11.4. The standard InChI is InChI=1S/C12H15FO5S/c1-8(5-6-18-2)19(16,17)11-4-3-9(12(14)15)7-10(11)13/h3-4,7-8H,5-6H2,1-2H3,(H,14,15). The molecule has 0 aliphatic rings. The highest BCUT2D eigenvalue weighted by Gasteiger charge is 2.26. The van der Waals surface area contributed by atoms with Crippen LogP contribution in [0.4, 0.5) is 4.39 Å². The Labute approximate surface area is 110 Å². The summed E-state index contributed by atoms with van der Waals surface area (Å²) in [5, 5.41) is 7.89. The van der Waals surface area contributed by atoms with E-state index >= 15 is 0 Å². The predicted molar refractivity (Wildman–Crippen MR) is 66.5 cm³/mol. The molecule has 0 spiro atoms. The van der Waals surface area contributed by atoms with Gasteiger partial charge in [-0.15, -0.1) is 0 Å². The molecule has 1 N–H and O–H groups in total. The molecule has 0 saturated carbocycles. The summed E-state index contributed by atoms with van der Waals surface area (Å²) >= 11 is 0. The molecular formula is C12H15FO5S. The zero-order chi connectivity index (χ0) is 14.6. The van der Waals surface area contributed by atoms with Gasteiger partial charge in [0.15, 0.2) is 9.84 Å². The number of carboxylic acids is 1. The number of sulfone groups is 1. The van der Waals surface area contributed by atoms with E-state index in [-0.39, 0.29) is 18.6 Å². The Morgan fingerprint density at radius 1 is 1.47 bits per heavy atom. The van der Waals surface area contributed by atoms with Crippen LogP contribution in [0.1, 0.15) is 23.7 Å². The van der Waals surface area contributed by atoms with Crippen LogP contribution in [-0.2, 0) is 14.6 Å². The van der Waals surface area contributed by atoms with Gasteiger partial charge in [-0.2, -0.15) is 0 Å². The fraction of sp³-hybridized carbons (Fsp3) is 0.417. The zero-order valence-electron chi connectivity index (χ0n) is 10.6. The van der Waals surface area contributed by atoms with Crippen LogP contribution in [0.25, 0.3) is 0 Å². The van der Waals surface area contributed by atoms with Gasteiger partial charge in [0.05, 0.1) is 10.8 Å². The molecule has 1 unspecified atom stereocenters. The molecule has 19 heavy (non-hydrogen) atoms. The number of rotatable bonds is 6. The number of hydrogen-bond donors (Lipinski definition) is 1. The van der Waals surface area contributed by atoms with Crippen LogP contribution in [0.15, 0.2) is 23.1 Å². The summed E-state index contributed by atoms with van der Waals surface area (Å²) in [4.78, 5) is 10.2. The molecule has 1 rings (SSSR count). The lowest BCUT2D eigenvalue weighted by molar-refractivity contribution is 0.0696. The maximum absolute atomic E-state index is 13.7. The van der Waals surface area contributed by atoms with Crippen molar-refractivity contribution < 1.29 is 27.4 Å². The number of methoxy groups -OCH3 is 1. The summed E-state index contributed by atoms with van der Waals surface area (Å²) in [6.07, 6.45) is 0.235. The minimum atomic E-state index is -3.83. The largest absolute Gasteiger partial charge is 0.478 e. The number of aromatic carboxylic acids is 1. The van der Waals surface area contributed by atoms with Crippen molar-refractivity contribution in [2.75, 3.05) is 13.7 Å². The Morgan fingerprint density at radius 2 is 2.11 bits per heavy atom. The van der Waals surface area contributed by atoms with Crippen LogP contribution < -0.4 is 0 Å². The molecule has 1 atom stereocenters. The lowest BCUT2D eigenvalue weighted by Crippen LogP contribution is -2.21. The van der Waals surface area contributed by atoms with Crippen molar-refractivity contribution in [1.82, 2.24) is 0 Å². The van der Waals surface area contributed by atoms with Gasteiger partial charge in [0, 0.05) is 13.7 Å². The number of halogens is 1. The van der Waals surface area contributed by atoms with Crippen LogP contribution in [0.2, 0.25) is 0 Å². The third kappa shape index (κ3) is 3.51. The Bertz CT molecular complexity index is 567. The fourth-order valence-electron chi connectivity index (χ4n) is 1.52. The minimum Gasteiger partial charge on any atom is -0.478 e. The Morgan fingerprint density at radius 3 is 2.58 bits per heavy atom. The van der Waals surface area contributed by atoms with Gasteiger partial charge < -0.3 is 9.84 Å². The van der Waals surface area contributed by atoms with Crippen LogP contribution in [-0.4, -0.2) is 38.5 Å². The maximum atomic E-state index is 13.7. The first-order chi connectivity index (χ1) is 8.80. The van der Waals surface area contributed by atoms with Gasteiger partial charge in [-0.25, -0.2) is 17.6 Å². The molecule has 0 amide bonds. The highest BCUT2D eigenvalue weighted by Crippen LogP contribution is 2.22. The van der Waals surface area contributed by atoms with Gasteiger partial charge in [-0.1, -0.05) is 0 Å². The molecule has 0 saturated heterocycles. The first-order valence-corrected chi connectivity index (χ1v) is 7.11. The molecule has 1 aromatic rings. The highest BCUT2D eigenvalue weighted by atomic mass is 32.2. The minimum absolute atomic E-state index is 0.235. The molecule has 0 aliphatic carbocycles. The van der Waals surface area contributed by atoms with Crippen LogP contribution >= 0.6 is 0 Å². The van der Waals surface area contributed by atoms with Gasteiger partial charge in [0.1, 0.15) is 10.7 Å².